The quantitative estimate of drug-likeness (QED) is 0.855. The van der Waals surface area contributed by atoms with Gasteiger partial charge in [-0.15, -0.1) is 0 Å². The van der Waals surface area contributed by atoms with Crippen LogP contribution in [0.15, 0.2) is 54.1 Å². The molecule has 1 aliphatic rings. The number of carbonyl (C=O) groups excluding carboxylic acids is 1. The van der Waals surface area contributed by atoms with E-state index >= 15 is 0 Å². The molecule has 5 nitrogen and oxygen atoms in total. The largest absolute Gasteiger partial charge is 0.493 e. The van der Waals surface area contributed by atoms with Gasteiger partial charge in [-0.1, -0.05) is 24.3 Å². The van der Waals surface area contributed by atoms with Crippen LogP contribution in [0.3, 0.4) is 0 Å². The number of carboxylic acids is 1. The third kappa shape index (κ3) is 3.63. The van der Waals surface area contributed by atoms with Gasteiger partial charge in [-0.3, -0.25) is 9.59 Å². The molecule has 0 saturated carbocycles. The number of rotatable bonds is 5. The second-order valence-corrected chi connectivity index (χ2v) is 5.34. The van der Waals surface area contributed by atoms with Crippen molar-refractivity contribution in [3.05, 3.63) is 65.2 Å². The Bertz CT molecular complexity index is 790. The maximum absolute atomic E-state index is 12.5. The second-order valence-electron chi connectivity index (χ2n) is 5.34. The van der Waals surface area contributed by atoms with Crippen LogP contribution in [0.5, 0.6) is 11.5 Å². The van der Waals surface area contributed by atoms with Gasteiger partial charge >= 0.3 is 5.97 Å². The summed E-state index contributed by atoms with van der Waals surface area (Å²) in [5.74, 6) is 0.280. The number of fused-ring (bicyclic) bond motifs is 1. The van der Waals surface area contributed by atoms with Crippen molar-refractivity contribution in [3.63, 3.8) is 0 Å². The first kappa shape index (κ1) is 15.8. The first-order valence-corrected chi connectivity index (χ1v) is 7.55. The van der Waals surface area contributed by atoms with E-state index < -0.39 is 5.97 Å². The standard InChI is InChI=1S/C19H16O5/c20-18(21)9-10-23-15-7-5-13(6-8-15)11-14-12-24-17-4-2-1-3-16(17)19(14)22/h1-8,11H,9-10,12H2,(H,20,21). The van der Waals surface area contributed by atoms with Crippen LogP contribution in [-0.4, -0.2) is 30.1 Å². The number of hydrogen-bond acceptors (Lipinski definition) is 4. The maximum Gasteiger partial charge on any atom is 0.306 e. The summed E-state index contributed by atoms with van der Waals surface area (Å²) < 4.78 is 10.9. The molecule has 122 valence electrons. The molecule has 0 bridgehead atoms. The lowest BCUT2D eigenvalue weighted by Crippen LogP contribution is -2.18. The van der Waals surface area contributed by atoms with E-state index in [1.807, 2.05) is 24.3 Å². The van der Waals surface area contributed by atoms with Gasteiger partial charge in [0.15, 0.2) is 5.78 Å². The number of Topliss-reactive ketones (excluding diaryl/α,β-unsaturated/α-hetero) is 1. The summed E-state index contributed by atoms with van der Waals surface area (Å²) in [6.45, 7) is 0.367. The molecule has 1 heterocycles. The number of aliphatic carboxylic acids is 1. The number of para-hydroxylation sites is 1. The van der Waals surface area contributed by atoms with Crippen LogP contribution >= 0.6 is 0 Å². The zero-order valence-electron chi connectivity index (χ0n) is 12.9. The Morgan fingerprint density at radius 1 is 1.17 bits per heavy atom. The molecule has 0 spiro atoms. The Balaban J connectivity index is 1.70. The number of carboxylic acid groups (broad SMARTS) is 1. The molecule has 1 aliphatic heterocycles. The predicted molar refractivity (Wildman–Crippen MR) is 88.4 cm³/mol. The molecule has 0 amide bonds. The van der Waals surface area contributed by atoms with E-state index in [1.54, 1.807) is 30.3 Å². The fourth-order valence-electron chi connectivity index (χ4n) is 2.40. The van der Waals surface area contributed by atoms with Crippen molar-refractivity contribution in [3.8, 4) is 11.5 Å². The van der Waals surface area contributed by atoms with E-state index in [1.165, 1.54) is 0 Å². The molecular weight excluding hydrogens is 308 g/mol. The highest BCUT2D eigenvalue weighted by Crippen LogP contribution is 2.27. The molecule has 0 aromatic heterocycles. The number of hydrogen-bond donors (Lipinski definition) is 1. The third-order valence-electron chi connectivity index (χ3n) is 3.61. The predicted octanol–water partition coefficient (Wildman–Crippen LogP) is 3.20. The van der Waals surface area contributed by atoms with E-state index in [0.29, 0.717) is 22.6 Å². The maximum atomic E-state index is 12.5. The number of ether oxygens (including phenoxy) is 2. The summed E-state index contributed by atoms with van der Waals surface area (Å²) in [5, 5.41) is 8.58. The molecule has 0 fully saturated rings. The van der Waals surface area contributed by atoms with E-state index in [4.69, 9.17) is 14.6 Å². The summed E-state index contributed by atoms with van der Waals surface area (Å²) in [7, 11) is 0. The van der Waals surface area contributed by atoms with Crippen LogP contribution in [0.4, 0.5) is 0 Å². The van der Waals surface area contributed by atoms with Crippen molar-refractivity contribution in [2.45, 2.75) is 6.42 Å². The number of carbonyl (C=O) groups is 2. The van der Waals surface area contributed by atoms with Crippen molar-refractivity contribution in [2.75, 3.05) is 13.2 Å². The zero-order valence-corrected chi connectivity index (χ0v) is 12.9. The van der Waals surface area contributed by atoms with Gasteiger partial charge in [-0.05, 0) is 35.9 Å². The van der Waals surface area contributed by atoms with Crippen molar-refractivity contribution in [1.29, 1.82) is 0 Å². The van der Waals surface area contributed by atoms with E-state index in [9.17, 15) is 9.59 Å². The van der Waals surface area contributed by atoms with Gasteiger partial charge in [0.1, 0.15) is 18.1 Å². The molecule has 0 saturated heterocycles. The molecule has 0 atom stereocenters. The molecule has 2 aromatic carbocycles. The van der Waals surface area contributed by atoms with Crippen molar-refractivity contribution in [1.82, 2.24) is 0 Å². The molecule has 0 aliphatic carbocycles. The fraction of sp³-hybridized carbons (Fsp3) is 0.158. The fourth-order valence-corrected chi connectivity index (χ4v) is 2.40. The molecule has 3 rings (SSSR count). The average Bonchev–Trinajstić information content (AvgIpc) is 2.59. The lowest BCUT2D eigenvalue weighted by atomic mass is 9.98. The Morgan fingerprint density at radius 3 is 2.67 bits per heavy atom. The van der Waals surface area contributed by atoms with Crippen LogP contribution in [0.2, 0.25) is 0 Å². The summed E-state index contributed by atoms with van der Waals surface area (Å²) >= 11 is 0. The summed E-state index contributed by atoms with van der Waals surface area (Å²) in [4.78, 5) is 22.9. The third-order valence-corrected chi connectivity index (χ3v) is 3.61. The lowest BCUT2D eigenvalue weighted by Gasteiger charge is -2.18. The first-order chi connectivity index (χ1) is 11.6. The Labute approximate surface area is 139 Å². The average molecular weight is 324 g/mol. The van der Waals surface area contributed by atoms with Crippen molar-refractivity contribution >= 4 is 17.8 Å². The molecule has 1 N–H and O–H groups in total. The Hall–Kier alpha value is -3.08. The SMILES string of the molecule is O=C(O)CCOc1ccc(C=C2COc3ccccc3C2=O)cc1. The molecule has 0 unspecified atom stereocenters. The normalized spacial score (nSPS) is 14.8. The summed E-state index contributed by atoms with van der Waals surface area (Å²) in [6, 6.07) is 14.3. The first-order valence-electron chi connectivity index (χ1n) is 7.55. The van der Waals surface area contributed by atoms with E-state index in [2.05, 4.69) is 0 Å². The van der Waals surface area contributed by atoms with Gasteiger partial charge in [0.05, 0.1) is 18.6 Å². The highest BCUT2D eigenvalue weighted by molar-refractivity contribution is 6.14. The summed E-state index contributed by atoms with van der Waals surface area (Å²) in [5.41, 5.74) is 2.02. The smallest absolute Gasteiger partial charge is 0.306 e. The molecular formula is C19H16O5. The van der Waals surface area contributed by atoms with Crippen LogP contribution in [-0.2, 0) is 4.79 Å². The van der Waals surface area contributed by atoms with Gasteiger partial charge in [0, 0.05) is 5.57 Å². The monoisotopic (exact) mass is 324 g/mol. The van der Waals surface area contributed by atoms with E-state index in [-0.39, 0.29) is 25.4 Å². The molecule has 24 heavy (non-hydrogen) atoms. The Morgan fingerprint density at radius 2 is 1.92 bits per heavy atom. The Kier molecular flexibility index (Phi) is 4.61. The van der Waals surface area contributed by atoms with Gasteiger partial charge in [-0.2, -0.15) is 0 Å². The minimum absolute atomic E-state index is 0.0290. The molecule has 0 radical (unpaired) electrons. The van der Waals surface area contributed by atoms with Crippen molar-refractivity contribution in [2.24, 2.45) is 0 Å². The van der Waals surface area contributed by atoms with Gasteiger partial charge in [0.25, 0.3) is 0 Å². The van der Waals surface area contributed by atoms with Gasteiger partial charge in [0.2, 0.25) is 0 Å². The second kappa shape index (κ2) is 7.00. The van der Waals surface area contributed by atoms with Crippen LogP contribution in [0, 0.1) is 0 Å². The van der Waals surface area contributed by atoms with Gasteiger partial charge < -0.3 is 14.6 Å². The number of benzene rings is 2. The summed E-state index contributed by atoms with van der Waals surface area (Å²) in [6.07, 6.45) is 1.75. The zero-order chi connectivity index (χ0) is 16.9. The number of ketones is 1. The van der Waals surface area contributed by atoms with Gasteiger partial charge in [-0.25, -0.2) is 0 Å². The van der Waals surface area contributed by atoms with Crippen LogP contribution in [0.25, 0.3) is 6.08 Å². The highest BCUT2D eigenvalue weighted by atomic mass is 16.5. The molecule has 2 aromatic rings. The minimum Gasteiger partial charge on any atom is -0.493 e. The van der Waals surface area contributed by atoms with E-state index in [0.717, 1.165) is 5.56 Å². The minimum atomic E-state index is -0.896. The molecule has 5 heteroatoms. The van der Waals surface area contributed by atoms with Crippen LogP contribution < -0.4 is 9.47 Å². The van der Waals surface area contributed by atoms with Crippen molar-refractivity contribution < 1.29 is 24.2 Å². The highest BCUT2D eigenvalue weighted by Gasteiger charge is 2.22. The van der Waals surface area contributed by atoms with Crippen LogP contribution in [0.1, 0.15) is 22.3 Å². The topological polar surface area (TPSA) is 72.8 Å². The lowest BCUT2D eigenvalue weighted by molar-refractivity contribution is -0.137.